The first-order valence-corrected chi connectivity index (χ1v) is 7.99. The second-order valence-corrected chi connectivity index (χ2v) is 5.78. The molecule has 23 heavy (non-hydrogen) atoms. The van der Waals surface area contributed by atoms with Gasteiger partial charge in [-0.3, -0.25) is 9.59 Å². The zero-order chi connectivity index (χ0) is 16.8. The molecule has 0 aromatic heterocycles. The van der Waals surface area contributed by atoms with E-state index in [2.05, 4.69) is 5.32 Å². The molecule has 1 amide bonds. The van der Waals surface area contributed by atoms with Gasteiger partial charge in [0, 0.05) is 24.1 Å². The van der Waals surface area contributed by atoms with E-state index >= 15 is 0 Å². The second-order valence-electron chi connectivity index (χ2n) is 5.78. The Kier molecular flexibility index (Phi) is 5.69. The number of amides is 1. The number of hydrogen-bond acceptors (Lipinski definition) is 2. The molecule has 120 valence electrons. The van der Waals surface area contributed by atoms with Crippen LogP contribution >= 0.6 is 0 Å². The van der Waals surface area contributed by atoms with Gasteiger partial charge >= 0.3 is 0 Å². The van der Waals surface area contributed by atoms with Gasteiger partial charge in [0.05, 0.1) is 0 Å². The minimum Gasteiger partial charge on any atom is -0.326 e. The first kappa shape index (κ1) is 16.9. The van der Waals surface area contributed by atoms with E-state index in [9.17, 15) is 9.59 Å². The molecule has 0 aliphatic carbocycles. The normalized spacial score (nSPS) is 10.4. The molecule has 1 N–H and O–H groups in total. The summed E-state index contributed by atoms with van der Waals surface area (Å²) in [5.74, 6) is -0.116. The summed E-state index contributed by atoms with van der Waals surface area (Å²) in [5.41, 5.74) is 4.86. The minimum absolute atomic E-state index is 0.00651. The van der Waals surface area contributed by atoms with E-state index in [1.165, 1.54) is 0 Å². The molecule has 0 spiro atoms. The van der Waals surface area contributed by atoms with E-state index in [1.807, 2.05) is 63.2 Å². The SMILES string of the molecule is CCc1ccccc1NC(=O)CCC(=O)c1ccc(C)c(C)c1. The third-order valence-electron chi connectivity index (χ3n) is 4.08. The minimum atomic E-state index is -0.122. The molecule has 0 saturated carbocycles. The van der Waals surface area contributed by atoms with Crippen molar-refractivity contribution in [2.45, 2.75) is 40.0 Å². The van der Waals surface area contributed by atoms with Gasteiger partial charge in [0.2, 0.25) is 5.91 Å². The van der Waals surface area contributed by atoms with Gasteiger partial charge in [0.15, 0.2) is 5.78 Å². The number of rotatable bonds is 6. The number of carbonyl (C=O) groups excluding carboxylic acids is 2. The maximum absolute atomic E-state index is 12.2. The smallest absolute Gasteiger partial charge is 0.224 e. The van der Waals surface area contributed by atoms with Gasteiger partial charge < -0.3 is 5.32 Å². The van der Waals surface area contributed by atoms with Gasteiger partial charge in [-0.25, -0.2) is 0 Å². The van der Waals surface area contributed by atoms with E-state index in [-0.39, 0.29) is 24.5 Å². The fraction of sp³-hybridized carbons (Fsp3) is 0.300. The number of para-hydroxylation sites is 1. The average molecular weight is 309 g/mol. The summed E-state index contributed by atoms with van der Waals surface area (Å²) in [6, 6.07) is 13.4. The Balaban J connectivity index is 1.93. The van der Waals surface area contributed by atoms with Crippen LogP contribution in [0.4, 0.5) is 5.69 Å². The summed E-state index contributed by atoms with van der Waals surface area (Å²) >= 11 is 0. The van der Waals surface area contributed by atoms with E-state index in [0.29, 0.717) is 5.56 Å². The van der Waals surface area contributed by atoms with Gasteiger partial charge in [-0.1, -0.05) is 37.3 Å². The van der Waals surface area contributed by atoms with E-state index in [0.717, 1.165) is 28.8 Å². The molecule has 2 aromatic carbocycles. The van der Waals surface area contributed by atoms with Crippen molar-refractivity contribution in [1.82, 2.24) is 0 Å². The molecule has 3 nitrogen and oxygen atoms in total. The lowest BCUT2D eigenvalue weighted by Crippen LogP contribution is -2.14. The van der Waals surface area contributed by atoms with Gasteiger partial charge in [0.1, 0.15) is 0 Å². The monoisotopic (exact) mass is 309 g/mol. The van der Waals surface area contributed by atoms with E-state index in [4.69, 9.17) is 0 Å². The molecule has 0 heterocycles. The highest BCUT2D eigenvalue weighted by Crippen LogP contribution is 2.17. The largest absolute Gasteiger partial charge is 0.326 e. The Labute approximate surface area is 137 Å². The van der Waals surface area contributed by atoms with Crippen LogP contribution in [0.25, 0.3) is 0 Å². The molecule has 0 aliphatic rings. The lowest BCUT2D eigenvalue weighted by Gasteiger charge is -2.09. The van der Waals surface area contributed by atoms with Crippen molar-refractivity contribution in [2.24, 2.45) is 0 Å². The van der Waals surface area contributed by atoms with E-state index < -0.39 is 0 Å². The Hall–Kier alpha value is -2.42. The quantitative estimate of drug-likeness (QED) is 0.800. The zero-order valence-electron chi connectivity index (χ0n) is 14.0. The van der Waals surface area contributed by atoms with Gasteiger partial charge in [-0.15, -0.1) is 0 Å². The maximum Gasteiger partial charge on any atom is 0.224 e. The van der Waals surface area contributed by atoms with Crippen molar-refractivity contribution in [1.29, 1.82) is 0 Å². The van der Waals surface area contributed by atoms with Crippen LogP contribution < -0.4 is 5.32 Å². The fourth-order valence-electron chi connectivity index (χ4n) is 2.45. The first-order valence-electron chi connectivity index (χ1n) is 7.99. The Bertz CT molecular complexity index is 719. The van der Waals surface area contributed by atoms with Crippen molar-refractivity contribution in [2.75, 3.05) is 5.32 Å². The molecule has 2 aromatic rings. The molecule has 0 bridgehead atoms. The van der Waals surface area contributed by atoms with Crippen LogP contribution in [-0.2, 0) is 11.2 Å². The predicted molar refractivity (Wildman–Crippen MR) is 93.9 cm³/mol. The Morgan fingerprint density at radius 2 is 1.70 bits per heavy atom. The third-order valence-corrected chi connectivity index (χ3v) is 4.08. The standard InChI is InChI=1S/C20H23NO2/c1-4-16-7-5-6-8-18(16)21-20(23)12-11-19(22)17-10-9-14(2)15(3)13-17/h5-10,13H,4,11-12H2,1-3H3,(H,21,23). The van der Waals surface area contributed by atoms with E-state index in [1.54, 1.807) is 0 Å². The van der Waals surface area contributed by atoms with Crippen molar-refractivity contribution < 1.29 is 9.59 Å². The Morgan fingerprint density at radius 1 is 0.957 bits per heavy atom. The van der Waals surface area contributed by atoms with Crippen molar-refractivity contribution in [3.63, 3.8) is 0 Å². The molecule has 0 aliphatic heterocycles. The Morgan fingerprint density at radius 3 is 2.39 bits per heavy atom. The molecule has 0 radical (unpaired) electrons. The first-order chi connectivity index (χ1) is 11.0. The topological polar surface area (TPSA) is 46.2 Å². The predicted octanol–water partition coefficient (Wildman–Crippen LogP) is 4.47. The average Bonchev–Trinajstić information content (AvgIpc) is 2.55. The number of ketones is 1. The molecular weight excluding hydrogens is 286 g/mol. The summed E-state index contributed by atoms with van der Waals surface area (Å²) in [5, 5.41) is 2.90. The van der Waals surface area contributed by atoms with Crippen LogP contribution in [0.5, 0.6) is 0 Å². The number of Topliss-reactive ketones (excluding diaryl/α,β-unsaturated/α-hetero) is 1. The van der Waals surface area contributed by atoms with Gasteiger partial charge in [-0.05, 0) is 49.1 Å². The highest BCUT2D eigenvalue weighted by atomic mass is 16.2. The summed E-state index contributed by atoms with van der Waals surface area (Å²) in [6.07, 6.45) is 1.28. The number of nitrogens with one attached hydrogen (secondary N) is 1. The van der Waals surface area contributed by atoms with Crippen LogP contribution in [-0.4, -0.2) is 11.7 Å². The molecular formula is C20H23NO2. The zero-order valence-corrected chi connectivity index (χ0v) is 14.0. The summed E-state index contributed by atoms with van der Waals surface area (Å²) < 4.78 is 0. The van der Waals surface area contributed by atoms with Crippen molar-refractivity contribution in [3.05, 3.63) is 64.7 Å². The summed E-state index contributed by atoms with van der Waals surface area (Å²) in [7, 11) is 0. The van der Waals surface area contributed by atoms with Crippen LogP contribution in [0.2, 0.25) is 0 Å². The van der Waals surface area contributed by atoms with Crippen LogP contribution in [0.3, 0.4) is 0 Å². The number of anilines is 1. The van der Waals surface area contributed by atoms with Gasteiger partial charge in [0.25, 0.3) is 0 Å². The number of hydrogen-bond donors (Lipinski definition) is 1. The highest BCUT2D eigenvalue weighted by Gasteiger charge is 2.11. The van der Waals surface area contributed by atoms with Crippen LogP contribution in [0.15, 0.2) is 42.5 Å². The third kappa shape index (κ3) is 4.52. The van der Waals surface area contributed by atoms with Crippen molar-refractivity contribution >= 4 is 17.4 Å². The molecule has 2 rings (SSSR count). The lowest BCUT2D eigenvalue weighted by atomic mass is 10.0. The van der Waals surface area contributed by atoms with Crippen LogP contribution in [0.1, 0.15) is 46.8 Å². The summed E-state index contributed by atoms with van der Waals surface area (Å²) in [6.45, 7) is 6.05. The molecule has 0 saturated heterocycles. The molecule has 3 heteroatoms. The summed E-state index contributed by atoms with van der Waals surface area (Å²) in [4.78, 5) is 24.3. The number of carbonyl (C=O) groups is 2. The molecule has 0 unspecified atom stereocenters. The maximum atomic E-state index is 12.2. The molecule has 0 fully saturated rings. The lowest BCUT2D eigenvalue weighted by molar-refractivity contribution is -0.116. The molecule has 0 atom stereocenters. The fourth-order valence-corrected chi connectivity index (χ4v) is 2.45. The second kappa shape index (κ2) is 7.73. The highest BCUT2D eigenvalue weighted by molar-refractivity contribution is 6.00. The van der Waals surface area contributed by atoms with Crippen molar-refractivity contribution in [3.8, 4) is 0 Å². The van der Waals surface area contributed by atoms with Gasteiger partial charge in [-0.2, -0.15) is 0 Å². The van der Waals surface area contributed by atoms with Crippen LogP contribution in [0, 0.1) is 13.8 Å². The number of aryl methyl sites for hydroxylation is 3. The number of benzene rings is 2.